The van der Waals surface area contributed by atoms with Gasteiger partial charge in [-0.15, -0.1) is 0 Å². The number of benzene rings is 1. The molecule has 1 aliphatic rings. The van der Waals surface area contributed by atoms with Crippen molar-refractivity contribution in [3.8, 4) is 0 Å². The summed E-state index contributed by atoms with van der Waals surface area (Å²) in [7, 11) is -3.99. The van der Waals surface area contributed by atoms with E-state index in [0.717, 1.165) is 30.5 Å². The average Bonchev–Trinajstić information content (AvgIpc) is 2.91. The lowest BCUT2D eigenvalue weighted by molar-refractivity contribution is 0.173. The lowest BCUT2D eigenvalue weighted by atomic mass is 9.84. The molecule has 0 bridgehead atoms. The Labute approximate surface area is 132 Å². The van der Waals surface area contributed by atoms with E-state index in [1.54, 1.807) is 0 Å². The van der Waals surface area contributed by atoms with Gasteiger partial charge < -0.3 is 4.84 Å². The smallest absolute Gasteiger partial charge is 0.265 e. The van der Waals surface area contributed by atoms with E-state index >= 15 is 0 Å². The molecule has 2 atom stereocenters. The van der Waals surface area contributed by atoms with Gasteiger partial charge in [0.05, 0.1) is 11.5 Å². The monoisotopic (exact) mass is 324 g/mol. The summed E-state index contributed by atoms with van der Waals surface area (Å²) in [6, 6.07) is 9.11. The molecular weight excluding hydrogens is 302 g/mol. The molecule has 121 valence electrons. The molecule has 2 unspecified atom stereocenters. The fourth-order valence-electron chi connectivity index (χ4n) is 2.93. The highest BCUT2D eigenvalue weighted by Gasteiger charge is 2.28. The Bertz CT molecular complexity index is 639. The highest BCUT2D eigenvalue weighted by Crippen LogP contribution is 2.25. The van der Waals surface area contributed by atoms with Crippen LogP contribution in [0.5, 0.6) is 0 Å². The van der Waals surface area contributed by atoms with Crippen LogP contribution in [0.15, 0.2) is 23.4 Å². The molecule has 6 heteroatoms. The Morgan fingerprint density at radius 3 is 2.86 bits per heavy atom. The maximum absolute atomic E-state index is 11.2. The van der Waals surface area contributed by atoms with Crippen molar-refractivity contribution in [1.82, 2.24) is 0 Å². The van der Waals surface area contributed by atoms with Crippen molar-refractivity contribution in [1.29, 1.82) is 0 Å². The molecule has 1 radical (unpaired) electrons. The van der Waals surface area contributed by atoms with Crippen molar-refractivity contribution in [3.05, 3.63) is 35.4 Å². The minimum atomic E-state index is -3.99. The van der Waals surface area contributed by atoms with Crippen LogP contribution < -0.4 is 0 Å². The zero-order chi connectivity index (χ0) is 16.2. The number of nitrogens with zero attached hydrogens (tertiary/aromatic N) is 1. The molecule has 1 aromatic rings. The van der Waals surface area contributed by atoms with Crippen LogP contribution >= 0.6 is 0 Å². The first kappa shape index (κ1) is 17.0. The summed E-state index contributed by atoms with van der Waals surface area (Å²) >= 11 is 0. The standard InChI is InChI=1S/C16H22NO4S/c1-12-4-3-5-14(10-12)6-7-15(16-8-9-21-17-16)13(2)11-22(18,19)20/h3,5,10,13,15H,6-9,11H2,1-2H3,(H,18,19,20). The third-order valence-corrected chi connectivity index (χ3v) is 4.92. The van der Waals surface area contributed by atoms with Crippen LogP contribution in [0, 0.1) is 24.8 Å². The Morgan fingerprint density at radius 2 is 2.27 bits per heavy atom. The van der Waals surface area contributed by atoms with Crippen LogP contribution in [0.4, 0.5) is 0 Å². The Kier molecular flexibility index (Phi) is 5.58. The second kappa shape index (κ2) is 7.24. The van der Waals surface area contributed by atoms with Gasteiger partial charge in [0.1, 0.15) is 6.61 Å². The number of aryl methyl sites for hydroxylation is 2. The van der Waals surface area contributed by atoms with Gasteiger partial charge in [0.2, 0.25) is 0 Å². The molecule has 1 N–H and O–H groups in total. The average molecular weight is 324 g/mol. The first-order valence-electron chi connectivity index (χ1n) is 7.46. The molecule has 0 spiro atoms. The fourth-order valence-corrected chi connectivity index (χ4v) is 3.83. The highest BCUT2D eigenvalue weighted by molar-refractivity contribution is 7.85. The number of hydrogen-bond acceptors (Lipinski definition) is 4. The summed E-state index contributed by atoms with van der Waals surface area (Å²) in [5.41, 5.74) is 3.18. The first-order valence-corrected chi connectivity index (χ1v) is 9.07. The molecule has 5 nitrogen and oxygen atoms in total. The van der Waals surface area contributed by atoms with Gasteiger partial charge >= 0.3 is 0 Å². The second-order valence-corrected chi connectivity index (χ2v) is 7.41. The van der Waals surface area contributed by atoms with Crippen LogP contribution in [0.25, 0.3) is 0 Å². The van der Waals surface area contributed by atoms with Crippen molar-refractivity contribution in [3.63, 3.8) is 0 Å². The maximum Gasteiger partial charge on any atom is 0.265 e. The molecule has 1 aliphatic heterocycles. The van der Waals surface area contributed by atoms with Gasteiger partial charge in [-0.2, -0.15) is 8.42 Å². The van der Waals surface area contributed by atoms with Crippen LogP contribution in [0.2, 0.25) is 0 Å². The van der Waals surface area contributed by atoms with Gasteiger partial charge in [-0.1, -0.05) is 30.3 Å². The van der Waals surface area contributed by atoms with E-state index in [2.05, 4.69) is 17.3 Å². The van der Waals surface area contributed by atoms with Gasteiger partial charge in [-0.3, -0.25) is 4.55 Å². The summed E-state index contributed by atoms with van der Waals surface area (Å²) in [6.45, 7) is 4.38. The minimum absolute atomic E-state index is 0.00563. The Balaban J connectivity index is 2.07. The van der Waals surface area contributed by atoms with E-state index in [1.807, 2.05) is 26.0 Å². The van der Waals surface area contributed by atoms with Crippen molar-refractivity contribution in [2.45, 2.75) is 33.1 Å². The Hall–Kier alpha value is -1.40. The van der Waals surface area contributed by atoms with Crippen LogP contribution in [-0.4, -0.2) is 31.0 Å². The van der Waals surface area contributed by atoms with E-state index in [9.17, 15) is 8.42 Å². The van der Waals surface area contributed by atoms with E-state index in [0.29, 0.717) is 6.61 Å². The SMILES string of the molecule is Cc1[c]ccc(CCC(C2=NOCC2)C(C)CS(=O)(=O)O)c1. The van der Waals surface area contributed by atoms with Crippen LogP contribution in [-0.2, 0) is 21.4 Å². The van der Waals surface area contributed by atoms with Crippen molar-refractivity contribution in [2.24, 2.45) is 17.0 Å². The topological polar surface area (TPSA) is 76.0 Å². The van der Waals surface area contributed by atoms with Gasteiger partial charge in [-0.05, 0) is 42.9 Å². The zero-order valence-corrected chi connectivity index (χ0v) is 13.8. The minimum Gasteiger partial charge on any atom is -0.395 e. The highest BCUT2D eigenvalue weighted by atomic mass is 32.2. The number of hydrogen-bond donors (Lipinski definition) is 1. The van der Waals surface area contributed by atoms with E-state index in [4.69, 9.17) is 9.39 Å². The van der Waals surface area contributed by atoms with Gasteiger partial charge in [0.15, 0.2) is 0 Å². The lowest BCUT2D eigenvalue weighted by Gasteiger charge is -2.22. The predicted octanol–water partition coefficient (Wildman–Crippen LogP) is 2.64. The molecule has 1 aromatic carbocycles. The van der Waals surface area contributed by atoms with Crippen molar-refractivity contribution < 1.29 is 17.8 Å². The molecule has 0 aromatic heterocycles. The van der Waals surface area contributed by atoms with Gasteiger partial charge in [0, 0.05) is 12.3 Å². The largest absolute Gasteiger partial charge is 0.395 e. The molecule has 0 amide bonds. The summed E-state index contributed by atoms with van der Waals surface area (Å²) < 4.78 is 31.4. The summed E-state index contributed by atoms with van der Waals surface area (Å²) in [4.78, 5) is 5.06. The molecule has 0 saturated heterocycles. The maximum atomic E-state index is 11.2. The van der Waals surface area contributed by atoms with Crippen molar-refractivity contribution in [2.75, 3.05) is 12.4 Å². The number of oxime groups is 1. The third kappa shape index (κ3) is 5.10. The molecule has 22 heavy (non-hydrogen) atoms. The normalized spacial score (nSPS) is 17.7. The fraction of sp³-hybridized carbons (Fsp3) is 0.562. The van der Waals surface area contributed by atoms with Gasteiger partial charge in [0.25, 0.3) is 10.1 Å². The van der Waals surface area contributed by atoms with E-state index in [-0.39, 0.29) is 17.6 Å². The molecule has 2 rings (SSSR count). The molecule has 0 aliphatic carbocycles. The van der Waals surface area contributed by atoms with Crippen molar-refractivity contribution >= 4 is 15.8 Å². The Morgan fingerprint density at radius 1 is 1.50 bits per heavy atom. The third-order valence-electron chi connectivity index (χ3n) is 3.97. The number of rotatable bonds is 7. The molecule has 0 fully saturated rings. The quantitative estimate of drug-likeness (QED) is 0.782. The summed E-state index contributed by atoms with van der Waals surface area (Å²) in [6.07, 6.45) is 2.33. The summed E-state index contributed by atoms with van der Waals surface area (Å²) in [5, 5.41) is 4.05. The van der Waals surface area contributed by atoms with Gasteiger partial charge in [-0.25, -0.2) is 0 Å². The predicted molar refractivity (Wildman–Crippen MR) is 85.4 cm³/mol. The van der Waals surface area contributed by atoms with E-state index < -0.39 is 10.1 Å². The molecule has 1 heterocycles. The lowest BCUT2D eigenvalue weighted by Crippen LogP contribution is -2.27. The van der Waals surface area contributed by atoms with E-state index in [1.165, 1.54) is 5.56 Å². The molecular formula is C16H22NO4S. The van der Waals surface area contributed by atoms with Crippen LogP contribution in [0.3, 0.4) is 0 Å². The second-order valence-electron chi connectivity index (χ2n) is 5.92. The van der Waals surface area contributed by atoms with Crippen LogP contribution in [0.1, 0.15) is 30.9 Å². The summed E-state index contributed by atoms with van der Waals surface area (Å²) in [5.74, 6) is -0.459. The molecule has 0 saturated carbocycles. The first-order chi connectivity index (χ1) is 10.3. The zero-order valence-electron chi connectivity index (χ0n) is 12.9.